The first-order chi connectivity index (χ1) is 9.60. The summed E-state index contributed by atoms with van der Waals surface area (Å²) in [5.41, 5.74) is 1.24. The molecule has 2 heterocycles. The lowest BCUT2D eigenvalue weighted by atomic mass is 10.2. The van der Waals surface area contributed by atoms with Gasteiger partial charge in [0.1, 0.15) is 17.3 Å². The average molecular weight is 335 g/mol. The number of hydrogen-bond donors (Lipinski definition) is 2. The molecule has 104 valence electrons. The Balaban J connectivity index is 2.17. The van der Waals surface area contributed by atoms with Crippen LogP contribution in [0.1, 0.15) is 23.0 Å². The van der Waals surface area contributed by atoms with Crippen LogP contribution in [0.15, 0.2) is 34.9 Å². The summed E-state index contributed by atoms with van der Waals surface area (Å²) in [5, 5.41) is 5.83. The Hall–Kier alpha value is -1.95. The SMILES string of the molecule is CCNc1cccc(C(=O)Nc2ncc(Br)cc2C)n1. The van der Waals surface area contributed by atoms with E-state index in [4.69, 9.17) is 0 Å². The number of hydrogen-bond acceptors (Lipinski definition) is 4. The van der Waals surface area contributed by atoms with Gasteiger partial charge in [0.2, 0.25) is 0 Å². The van der Waals surface area contributed by atoms with Crippen molar-refractivity contribution in [3.63, 3.8) is 0 Å². The van der Waals surface area contributed by atoms with E-state index < -0.39 is 0 Å². The molecule has 2 rings (SSSR count). The van der Waals surface area contributed by atoms with Crippen LogP contribution in [0.5, 0.6) is 0 Å². The highest BCUT2D eigenvalue weighted by Crippen LogP contribution is 2.17. The van der Waals surface area contributed by atoms with Crippen molar-refractivity contribution in [2.45, 2.75) is 13.8 Å². The molecule has 0 radical (unpaired) electrons. The third-order valence-corrected chi connectivity index (χ3v) is 3.05. The number of rotatable bonds is 4. The maximum Gasteiger partial charge on any atom is 0.275 e. The molecule has 0 saturated carbocycles. The second-order valence-electron chi connectivity index (χ2n) is 4.21. The van der Waals surface area contributed by atoms with Crippen LogP contribution in [0.25, 0.3) is 0 Å². The molecule has 0 spiro atoms. The summed E-state index contributed by atoms with van der Waals surface area (Å²) in [5.74, 6) is 0.942. The van der Waals surface area contributed by atoms with Gasteiger partial charge in [-0.3, -0.25) is 4.79 Å². The third kappa shape index (κ3) is 3.54. The number of aryl methyl sites for hydroxylation is 1. The van der Waals surface area contributed by atoms with Gasteiger partial charge in [-0.25, -0.2) is 9.97 Å². The molecule has 20 heavy (non-hydrogen) atoms. The van der Waals surface area contributed by atoms with Gasteiger partial charge in [-0.15, -0.1) is 0 Å². The van der Waals surface area contributed by atoms with Crippen molar-refractivity contribution in [3.8, 4) is 0 Å². The molecular weight excluding hydrogens is 320 g/mol. The average Bonchev–Trinajstić information content (AvgIpc) is 2.42. The number of carbonyl (C=O) groups excluding carboxylic acids is 1. The molecule has 6 heteroatoms. The molecule has 2 N–H and O–H groups in total. The van der Waals surface area contributed by atoms with Crippen molar-refractivity contribution >= 4 is 33.5 Å². The Morgan fingerprint density at radius 1 is 1.40 bits per heavy atom. The van der Waals surface area contributed by atoms with Crippen LogP contribution in [-0.4, -0.2) is 22.4 Å². The van der Waals surface area contributed by atoms with Gasteiger partial charge in [-0.1, -0.05) is 6.07 Å². The van der Waals surface area contributed by atoms with E-state index in [1.807, 2.05) is 26.0 Å². The Morgan fingerprint density at radius 3 is 2.90 bits per heavy atom. The second kappa shape index (κ2) is 6.47. The Kier molecular flexibility index (Phi) is 4.68. The minimum Gasteiger partial charge on any atom is -0.370 e. The molecule has 0 unspecified atom stereocenters. The molecule has 2 aromatic heterocycles. The fraction of sp³-hybridized carbons (Fsp3) is 0.214. The molecule has 0 atom stereocenters. The summed E-state index contributed by atoms with van der Waals surface area (Å²) in [7, 11) is 0. The van der Waals surface area contributed by atoms with Gasteiger partial charge in [-0.05, 0) is 53.5 Å². The van der Waals surface area contributed by atoms with Crippen LogP contribution >= 0.6 is 15.9 Å². The molecule has 0 aromatic carbocycles. The monoisotopic (exact) mass is 334 g/mol. The molecule has 0 fully saturated rings. The maximum absolute atomic E-state index is 12.2. The standard InChI is InChI=1S/C14H15BrN4O/c1-3-16-12-6-4-5-11(18-12)14(20)19-13-9(2)7-10(15)8-17-13/h4-8H,3H2,1-2H3,(H,16,18)(H,17,19,20). The number of pyridine rings is 2. The molecule has 0 aliphatic carbocycles. The smallest absolute Gasteiger partial charge is 0.275 e. The molecule has 5 nitrogen and oxygen atoms in total. The zero-order chi connectivity index (χ0) is 14.5. The zero-order valence-electron chi connectivity index (χ0n) is 11.3. The quantitative estimate of drug-likeness (QED) is 0.900. The van der Waals surface area contributed by atoms with Crippen LogP contribution in [-0.2, 0) is 0 Å². The first-order valence-corrected chi connectivity index (χ1v) is 7.04. The van der Waals surface area contributed by atoms with Crippen molar-refractivity contribution in [2.75, 3.05) is 17.2 Å². The van der Waals surface area contributed by atoms with Crippen LogP contribution in [0, 0.1) is 6.92 Å². The van der Waals surface area contributed by atoms with Crippen LogP contribution in [0.3, 0.4) is 0 Å². The number of amides is 1. The van der Waals surface area contributed by atoms with E-state index in [-0.39, 0.29) is 5.91 Å². The van der Waals surface area contributed by atoms with E-state index in [0.29, 0.717) is 17.3 Å². The van der Waals surface area contributed by atoms with E-state index in [0.717, 1.165) is 16.6 Å². The fourth-order valence-corrected chi connectivity index (χ4v) is 2.13. The Morgan fingerprint density at radius 2 is 2.20 bits per heavy atom. The van der Waals surface area contributed by atoms with E-state index in [2.05, 4.69) is 36.5 Å². The van der Waals surface area contributed by atoms with Crippen molar-refractivity contribution in [1.82, 2.24) is 9.97 Å². The zero-order valence-corrected chi connectivity index (χ0v) is 12.9. The van der Waals surface area contributed by atoms with Crippen molar-refractivity contribution in [2.24, 2.45) is 0 Å². The van der Waals surface area contributed by atoms with Gasteiger partial charge < -0.3 is 10.6 Å². The largest absolute Gasteiger partial charge is 0.370 e. The number of aromatic nitrogens is 2. The van der Waals surface area contributed by atoms with Gasteiger partial charge in [0, 0.05) is 17.2 Å². The van der Waals surface area contributed by atoms with Crippen molar-refractivity contribution in [3.05, 3.63) is 46.2 Å². The predicted octanol–water partition coefficient (Wildman–Crippen LogP) is 3.23. The minimum absolute atomic E-state index is 0.275. The van der Waals surface area contributed by atoms with Gasteiger partial charge >= 0.3 is 0 Å². The van der Waals surface area contributed by atoms with Gasteiger partial charge in [0.25, 0.3) is 5.91 Å². The summed E-state index contributed by atoms with van der Waals surface area (Å²) in [6.07, 6.45) is 1.64. The maximum atomic E-state index is 12.2. The number of carbonyl (C=O) groups is 1. The fourth-order valence-electron chi connectivity index (χ4n) is 1.68. The number of nitrogens with zero attached hydrogens (tertiary/aromatic N) is 2. The highest BCUT2D eigenvalue weighted by atomic mass is 79.9. The molecule has 0 aliphatic rings. The number of halogens is 1. The van der Waals surface area contributed by atoms with E-state index in [9.17, 15) is 4.79 Å². The van der Waals surface area contributed by atoms with Crippen LogP contribution in [0.2, 0.25) is 0 Å². The van der Waals surface area contributed by atoms with Crippen LogP contribution < -0.4 is 10.6 Å². The van der Waals surface area contributed by atoms with Gasteiger partial charge in [0.15, 0.2) is 0 Å². The highest BCUT2D eigenvalue weighted by molar-refractivity contribution is 9.10. The second-order valence-corrected chi connectivity index (χ2v) is 5.13. The summed E-state index contributed by atoms with van der Waals surface area (Å²) in [6.45, 7) is 4.62. The minimum atomic E-state index is -0.275. The molecule has 2 aromatic rings. The normalized spacial score (nSPS) is 10.2. The number of anilines is 2. The molecule has 0 bridgehead atoms. The van der Waals surface area contributed by atoms with E-state index in [1.165, 1.54) is 0 Å². The molecular formula is C14H15BrN4O. The van der Waals surface area contributed by atoms with Gasteiger partial charge in [-0.2, -0.15) is 0 Å². The van der Waals surface area contributed by atoms with Crippen molar-refractivity contribution in [1.29, 1.82) is 0 Å². The Bertz CT molecular complexity index is 630. The third-order valence-electron chi connectivity index (χ3n) is 2.62. The van der Waals surface area contributed by atoms with E-state index in [1.54, 1.807) is 18.3 Å². The van der Waals surface area contributed by atoms with Crippen molar-refractivity contribution < 1.29 is 4.79 Å². The lowest BCUT2D eigenvalue weighted by Crippen LogP contribution is -2.16. The molecule has 1 amide bonds. The lowest BCUT2D eigenvalue weighted by Gasteiger charge is -2.08. The lowest BCUT2D eigenvalue weighted by molar-refractivity contribution is 0.102. The summed E-state index contributed by atoms with van der Waals surface area (Å²) in [6, 6.07) is 7.18. The summed E-state index contributed by atoms with van der Waals surface area (Å²) < 4.78 is 0.875. The van der Waals surface area contributed by atoms with Crippen LogP contribution in [0.4, 0.5) is 11.6 Å². The summed E-state index contributed by atoms with van der Waals surface area (Å²) in [4.78, 5) is 20.6. The first-order valence-electron chi connectivity index (χ1n) is 6.24. The predicted molar refractivity (Wildman–Crippen MR) is 83.0 cm³/mol. The topological polar surface area (TPSA) is 66.9 Å². The molecule has 0 saturated heterocycles. The number of nitrogens with one attached hydrogen (secondary N) is 2. The Labute approximate surface area is 126 Å². The highest BCUT2D eigenvalue weighted by Gasteiger charge is 2.10. The summed E-state index contributed by atoms with van der Waals surface area (Å²) >= 11 is 3.34. The molecule has 0 aliphatic heterocycles. The first kappa shape index (κ1) is 14.5. The van der Waals surface area contributed by atoms with E-state index >= 15 is 0 Å². The van der Waals surface area contributed by atoms with Gasteiger partial charge in [0.05, 0.1) is 0 Å².